The summed E-state index contributed by atoms with van der Waals surface area (Å²) >= 11 is 0. The van der Waals surface area contributed by atoms with Crippen LogP contribution in [0.3, 0.4) is 0 Å². The second-order valence-electron chi connectivity index (χ2n) is 2.89. The van der Waals surface area contributed by atoms with Crippen molar-refractivity contribution in [3.8, 4) is 0 Å². The van der Waals surface area contributed by atoms with Gasteiger partial charge in [0.2, 0.25) is 0 Å². The molecular formula is C8H10N2O5. The number of amides is 1. The molecule has 0 radical (unpaired) electrons. The number of aliphatic hydroxyl groups is 1. The Kier molecular flexibility index (Phi) is 3.40. The summed E-state index contributed by atoms with van der Waals surface area (Å²) in [5, 5.41) is 22.8. The summed E-state index contributed by atoms with van der Waals surface area (Å²) in [7, 11) is 0. The Labute approximate surface area is 84.7 Å². The lowest BCUT2D eigenvalue weighted by Crippen LogP contribution is -2.36. The van der Waals surface area contributed by atoms with Gasteiger partial charge in [0.1, 0.15) is 5.76 Å². The van der Waals surface area contributed by atoms with E-state index in [1.807, 2.05) is 0 Å². The van der Waals surface area contributed by atoms with Crippen LogP contribution in [0.4, 0.5) is 0 Å². The molecule has 0 fully saturated rings. The number of carboxylic acid groups (broad SMARTS) is 1. The predicted molar refractivity (Wildman–Crippen MR) is 47.2 cm³/mol. The van der Waals surface area contributed by atoms with Crippen LogP contribution in [0.2, 0.25) is 0 Å². The topological polar surface area (TPSA) is 113 Å². The Bertz CT molecular complexity index is 373. The van der Waals surface area contributed by atoms with E-state index in [0.29, 0.717) is 5.76 Å². The molecule has 1 aromatic rings. The third-order valence-corrected chi connectivity index (χ3v) is 1.60. The molecule has 82 valence electrons. The average Bonchev–Trinajstić information content (AvgIpc) is 2.60. The van der Waals surface area contributed by atoms with Gasteiger partial charge in [0.25, 0.3) is 5.91 Å². The maximum Gasteiger partial charge on any atom is 0.334 e. The van der Waals surface area contributed by atoms with Crippen molar-refractivity contribution in [3.63, 3.8) is 0 Å². The third-order valence-electron chi connectivity index (χ3n) is 1.60. The van der Waals surface area contributed by atoms with E-state index < -0.39 is 18.0 Å². The summed E-state index contributed by atoms with van der Waals surface area (Å²) in [6.45, 7) is 1.25. The molecule has 7 heteroatoms. The molecule has 0 spiro atoms. The molecule has 0 unspecified atom stereocenters. The van der Waals surface area contributed by atoms with Crippen LogP contribution in [-0.2, 0) is 4.79 Å². The lowest BCUT2D eigenvalue weighted by Gasteiger charge is -2.05. The third kappa shape index (κ3) is 3.06. The van der Waals surface area contributed by atoms with Crippen molar-refractivity contribution in [3.05, 3.63) is 17.5 Å². The molecule has 0 aliphatic heterocycles. The molecule has 0 saturated carbocycles. The summed E-state index contributed by atoms with van der Waals surface area (Å²) in [6.07, 6.45) is -1.62. The van der Waals surface area contributed by atoms with E-state index >= 15 is 0 Å². The lowest BCUT2D eigenvalue weighted by atomic mass is 10.3. The van der Waals surface area contributed by atoms with Crippen molar-refractivity contribution < 1.29 is 24.3 Å². The van der Waals surface area contributed by atoms with Crippen molar-refractivity contribution in [1.29, 1.82) is 0 Å². The number of carbonyl (C=O) groups excluding carboxylic acids is 1. The van der Waals surface area contributed by atoms with Crippen molar-refractivity contribution in [2.24, 2.45) is 0 Å². The molecule has 0 saturated heterocycles. The average molecular weight is 214 g/mol. The second-order valence-corrected chi connectivity index (χ2v) is 2.89. The number of hydrogen-bond donors (Lipinski definition) is 3. The van der Waals surface area contributed by atoms with Crippen molar-refractivity contribution >= 4 is 11.9 Å². The van der Waals surface area contributed by atoms with Crippen LogP contribution < -0.4 is 5.32 Å². The highest BCUT2D eigenvalue weighted by molar-refractivity contribution is 5.92. The monoisotopic (exact) mass is 214 g/mol. The van der Waals surface area contributed by atoms with Gasteiger partial charge in [-0.05, 0) is 6.92 Å². The number of hydrogen-bond acceptors (Lipinski definition) is 5. The summed E-state index contributed by atoms with van der Waals surface area (Å²) < 4.78 is 4.65. The van der Waals surface area contributed by atoms with Crippen LogP contribution in [0.5, 0.6) is 0 Å². The van der Waals surface area contributed by atoms with Crippen LogP contribution >= 0.6 is 0 Å². The largest absolute Gasteiger partial charge is 0.479 e. The van der Waals surface area contributed by atoms with Crippen LogP contribution in [0, 0.1) is 6.92 Å². The lowest BCUT2D eigenvalue weighted by molar-refractivity contribution is -0.146. The molecule has 7 nitrogen and oxygen atoms in total. The highest BCUT2D eigenvalue weighted by Gasteiger charge is 2.16. The van der Waals surface area contributed by atoms with Gasteiger partial charge in [-0.15, -0.1) is 0 Å². The number of aryl methyl sites for hydroxylation is 1. The molecule has 1 rings (SSSR count). The van der Waals surface area contributed by atoms with E-state index in [2.05, 4.69) is 15.0 Å². The van der Waals surface area contributed by atoms with Crippen LogP contribution in [0.1, 0.15) is 16.2 Å². The fourth-order valence-corrected chi connectivity index (χ4v) is 0.841. The number of nitrogens with one attached hydrogen (secondary N) is 1. The molecule has 3 N–H and O–H groups in total. The van der Waals surface area contributed by atoms with Gasteiger partial charge in [-0.2, -0.15) is 0 Å². The molecule has 1 aromatic heterocycles. The van der Waals surface area contributed by atoms with E-state index in [4.69, 9.17) is 10.2 Å². The molecular weight excluding hydrogens is 204 g/mol. The first kappa shape index (κ1) is 11.2. The quantitative estimate of drug-likeness (QED) is 0.602. The van der Waals surface area contributed by atoms with Crippen LogP contribution in [0.15, 0.2) is 10.6 Å². The van der Waals surface area contributed by atoms with Gasteiger partial charge in [-0.25, -0.2) is 4.79 Å². The number of aromatic nitrogens is 1. The number of nitrogens with zero attached hydrogens (tertiary/aromatic N) is 1. The van der Waals surface area contributed by atoms with Gasteiger partial charge in [0.05, 0.1) is 6.54 Å². The zero-order valence-corrected chi connectivity index (χ0v) is 7.93. The smallest absolute Gasteiger partial charge is 0.334 e. The highest BCUT2D eigenvalue weighted by Crippen LogP contribution is 2.00. The van der Waals surface area contributed by atoms with Gasteiger partial charge in [0, 0.05) is 6.07 Å². The standard InChI is InChI=1S/C8H10N2O5/c1-4-2-5(10-15-4)7(12)9-3-6(11)8(13)14/h2,6,11H,3H2,1H3,(H,9,12)(H,13,14)/t6-/m0/s1. The summed E-state index contributed by atoms with van der Waals surface area (Å²) in [6, 6.07) is 1.41. The first-order valence-electron chi connectivity index (χ1n) is 4.13. The number of carboxylic acids is 1. The molecule has 0 aliphatic rings. The van der Waals surface area contributed by atoms with Gasteiger partial charge in [-0.3, -0.25) is 4.79 Å². The van der Waals surface area contributed by atoms with E-state index in [0.717, 1.165) is 0 Å². The molecule has 1 atom stereocenters. The normalized spacial score (nSPS) is 12.1. The summed E-state index contributed by atoms with van der Waals surface area (Å²) in [5.74, 6) is -1.52. The minimum Gasteiger partial charge on any atom is -0.479 e. The SMILES string of the molecule is Cc1cc(C(=O)NC[C@H](O)C(=O)O)no1. The van der Waals surface area contributed by atoms with Crippen molar-refractivity contribution in [1.82, 2.24) is 10.5 Å². The minimum atomic E-state index is -1.62. The van der Waals surface area contributed by atoms with E-state index in [1.54, 1.807) is 6.92 Å². The van der Waals surface area contributed by atoms with Gasteiger partial charge >= 0.3 is 5.97 Å². The van der Waals surface area contributed by atoms with Crippen LogP contribution in [0.25, 0.3) is 0 Å². The Morgan fingerprint density at radius 2 is 2.33 bits per heavy atom. The fourth-order valence-electron chi connectivity index (χ4n) is 0.841. The number of carbonyl (C=O) groups is 2. The van der Waals surface area contributed by atoms with E-state index in [1.165, 1.54) is 6.07 Å². The van der Waals surface area contributed by atoms with E-state index in [-0.39, 0.29) is 12.2 Å². The van der Waals surface area contributed by atoms with Crippen molar-refractivity contribution in [2.75, 3.05) is 6.54 Å². The highest BCUT2D eigenvalue weighted by atomic mass is 16.5. The predicted octanol–water partition coefficient (Wildman–Crippen LogP) is -0.842. The van der Waals surface area contributed by atoms with E-state index in [9.17, 15) is 9.59 Å². The number of aliphatic hydroxyl groups excluding tert-OH is 1. The zero-order valence-electron chi connectivity index (χ0n) is 7.93. The Morgan fingerprint density at radius 1 is 1.67 bits per heavy atom. The van der Waals surface area contributed by atoms with Crippen LogP contribution in [-0.4, -0.2) is 39.9 Å². The Balaban J connectivity index is 2.47. The van der Waals surface area contributed by atoms with Gasteiger partial charge in [0.15, 0.2) is 11.8 Å². The zero-order chi connectivity index (χ0) is 11.4. The molecule has 1 amide bonds. The first-order chi connectivity index (χ1) is 7.00. The van der Waals surface area contributed by atoms with Crippen molar-refractivity contribution in [2.45, 2.75) is 13.0 Å². The fraction of sp³-hybridized carbons (Fsp3) is 0.375. The number of rotatable bonds is 4. The molecule has 0 bridgehead atoms. The summed E-state index contributed by atoms with van der Waals surface area (Å²) in [5.41, 5.74) is 0.0464. The Morgan fingerprint density at radius 3 is 2.80 bits per heavy atom. The van der Waals surface area contributed by atoms with Gasteiger partial charge in [-0.1, -0.05) is 5.16 Å². The Hall–Kier alpha value is -1.89. The molecule has 1 heterocycles. The molecule has 0 aromatic carbocycles. The molecule has 15 heavy (non-hydrogen) atoms. The van der Waals surface area contributed by atoms with Gasteiger partial charge < -0.3 is 20.1 Å². The summed E-state index contributed by atoms with van der Waals surface area (Å²) in [4.78, 5) is 21.5. The maximum atomic E-state index is 11.2. The minimum absolute atomic E-state index is 0.0464. The second kappa shape index (κ2) is 4.56. The molecule has 0 aliphatic carbocycles. The maximum absolute atomic E-state index is 11.2. The first-order valence-corrected chi connectivity index (χ1v) is 4.13. The number of aliphatic carboxylic acids is 1.